The van der Waals surface area contributed by atoms with Crippen molar-refractivity contribution in [2.45, 2.75) is 45.6 Å². The molecule has 2 unspecified atom stereocenters. The molecule has 1 N–H and O–H groups in total. The van der Waals surface area contributed by atoms with E-state index in [0.717, 1.165) is 16.6 Å². The van der Waals surface area contributed by atoms with Crippen LogP contribution in [0, 0.1) is 11.8 Å². The largest absolute Gasteiger partial charge is 0.381 e. The third kappa shape index (κ3) is 3.33. The van der Waals surface area contributed by atoms with Crippen molar-refractivity contribution in [3.8, 4) is 0 Å². The van der Waals surface area contributed by atoms with Gasteiger partial charge in [0.1, 0.15) is 0 Å². The maximum atomic E-state index is 6.23. The summed E-state index contributed by atoms with van der Waals surface area (Å²) in [5, 5.41) is 5.02. The molecule has 0 aliphatic heterocycles. The van der Waals surface area contributed by atoms with E-state index in [-0.39, 0.29) is 0 Å². The molecule has 1 aliphatic rings. The lowest BCUT2D eigenvalue weighted by Gasteiger charge is -2.35. The van der Waals surface area contributed by atoms with E-state index in [1.54, 1.807) is 6.07 Å². The Morgan fingerprint density at radius 2 is 1.89 bits per heavy atom. The van der Waals surface area contributed by atoms with Crippen LogP contribution < -0.4 is 5.32 Å². The molecule has 1 aliphatic carbocycles. The average molecular weight is 286 g/mol. The molecule has 18 heavy (non-hydrogen) atoms. The molecule has 0 spiro atoms. The monoisotopic (exact) mass is 285 g/mol. The first-order valence-electron chi connectivity index (χ1n) is 6.79. The first kappa shape index (κ1) is 14.0. The van der Waals surface area contributed by atoms with Crippen molar-refractivity contribution < 1.29 is 0 Å². The molecule has 0 heterocycles. The van der Waals surface area contributed by atoms with Crippen molar-refractivity contribution in [2.24, 2.45) is 11.8 Å². The molecule has 1 aromatic carbocycles. The lowest BCUT2D eigenvalue weighted by molar-refractivity contribution is 0.254. The molecule has 1 fully saturated rings. The summed E-state index contributed by atoms with van der Waals surface area (Å²) in [7, 11) is 0. The molecular weight excluding hydrogens is 265 g/mol. The number of benzene rings is 1. The molecule has 0 radical (unpaired) electrons. The maximum absolute atomic E-state index is 6.23. The molecule has 0 aromatic heterocycles. The summed E-state index contributed by atoms with van der Waals surface area (Å²) in [6, 6.07) is 6.22. The Kier molecular flexibility index (Phi) is 4.80. The van der Waals surface area contributed by atoms with Crippen LogP contribution in [0.3, 0.4) is 0 Å². The number of rotatable bonds is 3. The standard InChI is InChI=1S/C15H21Cl2N/c1-10(2)12-5-3-4-6-14(12)18-15-8-7-11(16)9-13(15)17/h7-10,12,14,18H,3-6H2,1-2H3. The zero-order valence-electron chi connectivity index (χ0n) is 11.0. The van der Waals surface area contributed by atoms with Crippen LogP contribution in [0.5, 0.6) is 0 Å². The van der Waals surface area contributed by atoms with Gasteiger partial charge in [0.2, 0.25) is 0 Å². The maximum Gasteiger partial charge on any atom is 0.0652 e. The van der Waals surface area contributed by atoms with Gasteiger partial charge in [-0.3, -0.25) is 0 Å². The predicted octanol–water partition coefficient (Wildman–Crippen LogP) is 5.62. The molecule has 3 heteroatoms. The zero-order chi connectivity index (χ0) is 13.1. The summed E-state index contributed by atoms with van der Waals surface area (Å²) in [5.74, 6) is 1.46. The molecule has 1 nitrogen and oxygen atoms in total. The highest BCUT2D eigenvalue weighted by Crippen LogP contribution is 2.34. The van der Waals surface area contributed by atoms with Crippen LogP contribution in [-0.4, -0.2) is 6.04 Å². The third-order valence-electron chi connectivity index (χ3n) is 3.95. The van der Waals surface area contributed by atoms with Crippen LogP contribution in [0.25, 0.3) is 0 Å². The van der Waals surface area contributed by atoms with Crippen molar-refractivity contribution >= 4 is 28.9 Å². The van der Waals surface area contributed by atoms with Gasteiger partial charge in [0, 0.05) is 11.1 Å². The molecule has 2 rings (SSSR count). The van der Waals surface area contributed by atoms with E-state index in [1.807, 2.05) is 12.1 Å². The Hall–Kier alpha value is -0.400. The van der Waals surface area contributed by atoms with Crippen LogP contribution in [0.1, 0.15) is 39.5 Å². The highest BCUT2D eigenvalue weighted by Gasteiger charge is 2.27. The smallest absolute Gasteiger partial charge is 0.0652 e. The van der Waals surface area contributed by atoms with Gasteiger partial charge in [-0.2, -0.15) is 0 Å². The molecular formula is C15H21Cl2N. The molecule has 1 aromatic rings. The minimum atomic E-state index is 0.539. The van der Waals surface area contributed by atoms with Crippen molar-refractivity contribution in [3.63, 3.8) is 0 Å². The van der Waals surface area contributed by atoms with Gasteiger partial charge in [-0.25, -0.2) is 0 Å². The normalized spacial score (nSPS) is 24.3. The van der Waals surface area contributed by atoms with Crippen LogP contribution in [-0.2, 0) is 0 Å². The van der Waals surface area contributed by atoms with Gasteiger partial charge in [-0.1, -0.05) is 49.9 Å². The first-order valence-corrected chi connectivity index (χ1v) is 7.55. The number of halogens is 2. The van der Waals surface area contributed by atoms with Gasteiger partial charge >= 0.3 is 0 Å². The Labute approximate surface area is 120 Å². The van der Waals surface area contributed by atoms with Crippen molar-refractivity contribution in [2.75, 3.05) is 5.32 Å². The Morgan fingerprint density at radius 1 is 1.17 bits per heavy atom. The predicted molar refractivity (Wildman–Crippen MR) is 80.7 cm³/mol. The molecule has 0 saturated heterocycles. The van der Waals surface area contributed by atoms with Crippen molar-refractivity contribution in [1.82, 2.24) is 0 Å². The van der Waals surface area contributed by atoms with E-state index in [9.17, 15) is 0 Å². The van der Waals surface area contributed by atoms with Crippen LogP contribution in [0.2, 0.25) is 10.0 Å². The average Bonchev–Trinajstić information content (AvgIpc) is 2.33. The summed E-state index contributed by atoms with van der Waals surface area (Å²) in [4.78, 5) is 0. The van der Waals surface area contributed by atoms with E-state index >= 15 is 0 Å². The summed E-state index contributed by atoms with van der Waals surface area (Å²) in [6.45, 7) is 4.63. The molecule has 0 bridgehead atoms. The summed E-state index contributed by atoms with van der Waals surface area (Å²) < 4.78 is 0. The summed E-state index contributed by atoms with van der Waals surface area (Å²) in [5.41, 5.74) is 1.01. The second-order valence-electron chi connectivity index (χ2n) is 5.57. The number of hydrogen-bond acceptors (Lipinski definition) is 1. The molecule has 100 valence electrons. The Morgan fingerprint density at radius 3 is 2.56 bits per heavy atom. The van der Waals surface area contributed by atoms with Gasteiger partial charge in [-0.05, 0) is 42.9 Å². The zero-order valence-corrected chi connectivity index (χ0v) is 12.6. The fraction of sp³-hybridized carbons (Fsp3) is 0.600. The summed E-state index contributed by atoms with van der Waals surface area (Å²) >= 11 is 12.2. The van der Waals surface area contributed by atoms with Crippen LogP contribution in [0.15, 0.2) is 18.2 Å². The van der Waals surface area contributed by atoms with Gasteiger partial charge in [0.05, 0.1) is 10.7 Å². The van der Waals surface area contributed by atoms with Crippen LogP contribution in [0.4, 0.5) is 5.69 Å². The molecule has 0 amide bonds. The van der Waals surface area contributed by atoms with Gasteiger partial charge in [0.15, 0.2) is 0 Å². The topological polar surface area (TPSA) is 12.0 Å². The molecule has 1 saturated carbocycles. The summed E-state index contributed by atoms with van der Waals surface area (Å²) in [6.07, 6.45) is 5.23. The van der Waals surface area contributed by atoms with E-state index < -0.39 is 0 Å². The van der Waals surface area contributed by atoms with Crippen molar-refractivity contribution in [1.29, 1.82) is 0 Å². The second-order valence-corrected chi connectivity index (χ2v) is 6.41. The Bertz CT molecular complexity index is 403. The first-order chi connectivity index (χ1) is 8.58. The minimum absolute atomic E-state index is 0.539. The SMILES string of the molecule is CC(C)C1CCCCC1Nc1ccc(Cl)cc1Cl. The third-order valence-corrected chi connectivity index (χ3v) is 4.50. The fourth-order valence-corrected chi connectivity index (χ4v) is 3.41. The van der Waals surface area contributed by atoms with Gasteiger partial charge in [0.25, 0.3) is 0 Å². The Balaban J connectivity index is 2.11. The van der Waals surface area contributed by atoms with Gasteiger partial charge in [-0.15, -0.1) is 0 Å². The lowest BCUT2D eigenvalue weighted by Crippen LogP contribution is -2.35. The lowest BCUT2D eigenvalue weighted by atomic mass is 9.78. The van der Waals surface area contributed by atoms with Crippen LogP contribution >= 0.6 is 23.2 Å². The number of nitrogens with one attached hydrogen (secondary N) is 1. The highest BCUT2D eigenvalue weighted by atomic mass is 35.5. The van der Waals surface area contributed by atoms with Gasteiger partial charge < -0.3 is 5.32 Å². The molecule has 2 atom stereocenters. The van der Waals surface area contributed by atoms with E-state index in [1.165, 1.54) is 25.7 Å². The van der Waals surface area contributed by atoms with E-state index in [4.69, 9.17) is 23.2 Å². The minimum Gasteiger partial charge on any atom is -0.381 e. The number of hydrogen-bond donors (Lipinski definition) is 1. The van der Waals surface area contributed by atoms with Crippen molar-refractivity contribution in [3.05, 3.63) is 28.2 Å². The number of anilines is 1. The van der Waals surface area contributed by atoms with E-state index in [2.05, 4.69) is 19.2 Å². The quantitative estimate of drug-likeness (QED) is 0.760. The second kappa shape index (κ2) is 6.16. The fourth-order valence-electron chi connectivity index (χ4n) is 2.94. The van der Waals surface area contributed by atoms with E-state index in [0.29, 0.717) is 17.0 Å². The highest BCUT2D eigenvalue weighted by molar-refractivity contribution is 6.36.